The van der Waals surface area contributed by atoms with Gasteiger partial charge in [0.25, 0.3) is 35.4 Å². The van der Waals surface area contributed by atoms with Gasteiger partial charge in [0, 0.05) is 124 Å². The number of anilines is 4. The van der Waals surface area contributed by atoms with Gasteiger partial charge in [0.1, 0.15) is 41.4 Å². The second kappa shape index (κ2) is 34.6. The van der Waals surface area contributed by atoms with Crippen molar-refractivity contribution in [1.82, 2.24) is 94.9 Å². The monoisotopic (exact) mass is 1710 g/mol. The van der Waals surface area contributed by atoms with Crippen LogP contribution in [-0.2, 0) is 45.4 Å². The lowest BCUT2D eigenvalue weighted by Crippen LogP contribution is -2.48. The van der Waals surface area contributed by atoms with E-state index in [2.05, 4.69) is 76.2 Å². The van der Waals surface area contributed by atoms with Crippen molar-refractivity contribution in [2.24, 2.45) is 29.4 Å². The summed E-state index contributed by atoms with van der Waals surface area (Å²) in [6.45, 7) is -0.102. The first-order valence-electron chi connectivity index (χ1n) is 39.2. The summed E-state index contributed by atoms with van der Waals surface area (Å²) < 4.78 is 116. The van der Waals surface area contributed by atoms with Gasteiger partial charge >= 0.3 is 5.97 Å². The minimum atomic E-state index is -1.45. The first-order valence-corrected chi connectivity index (χ1v) is 39.2. The SMILES string of the molecule is CN1C(=O)[C@@H](N)C2C[C@H]2c2nccnc21.CN1C(=O)[C@@H](NC(=O)c2nn(Cc3ccccc3F)cc2F)C2C[C@H]2c2nccnc21.CN1C(=O)[C@@H](NC(=O)c2nn(Cc3ccccc3F)cc2F)C2C[C@H]2c2nccnc21.CN1C(=O)[C@H](NC(=O)c2nn(Cc3ccccc3F)cc2F)[C@@H]2C[C@@H]2c2nccnc21.O=C(O)c1nn(Cc2ccccc2F)cc1F. The van der Waals surface area contributed by atoms with Crippen molar-refractivity contribution in [2.75, 3.05) is 47.8 Å². The standard InChI is InChI=1S/3C21H18F2N6O2.C11H8F2N2O2.C10H12N4O/c3*1-28-19-16(24-6-7-25-19)12-8-13(12)17(21(28)31)26-20(30)18-15(23)10-29(27-18)9-11-4-2-3-5-14(11)22;12-8-4-2-1-3-7(8)5-15-6-9(13)10(14-15)11(16)17;1-14-9-8(12-2-3-13-9)6-4-5(6)7(11)10(14)15/h3*2-7,10,12-13,17H,8-9H2,1H3,(H,26,30);1-4,6H,5H2,(H,16,17);2-3,5-7H,4,11H2,1H3/t2*12-,13?,17+;12-,13+,17+;;5?,6-,7+/m110.1/s1. The third-order valence-corrected chi connectivity index (χ3v) is 22.7. The number of nitrogens with one attached hydrogen (secondary N) is 3. The summed E-state index contributed by atoms with van der Waals surface area (Å²) in [5.41, 5.74) is 8.24. The molecule has 4 saturated carbocycles. The summed E-state index contributed by atoms with van der Waals surface area (Å²) in [4.78, 5) is 140. The highest BCUT2D eigenvalue weighted by Crippen LogP contribution is 2.56. The fraction of sp³-hybridized carbons (Fsp3) is 0.286. The third kappa shape index (κ3) is 17.3. The smallest absolute Gasteiger partial charge is 0.359 e. The van der Waals surface area contributed by atoms with E-state index in [4.69, 9.17) is 10.8 Å². The Balaban J connectivity index is 0.000000118. The number of carbonyl (C=O) groups is 8. The maximum Gasteiger partial charge on any atom is 0.359 e. The number of carbonyl (C=O) groups excluding carboxylic acids is 7. The number of nitrogens with zero attached hydrogens (tertiary/aromatic N) is 20. The van der Waals surface area contributed by atoms with Gasteiger partial charge < -0.3 is 26.8 Å². The van der Waals surface area contributed by atoms with Crippen LogP contribution in [0.3, 0.4) is 0 Å². The molecule has 4 aromatic carbocycles. The minimum absolute atomic E-state index is 0.00589. The molecule has 33 nitrogen and oxygen atoms in total. The molecule has 8 aliphatic rings. The number of hydrogen-bond donors (Lipinski definition) is 5. The molecule has 125 heavy (non-hydrogen) atoms. The van der Waals surface area contributed by atoms with Crippen molar-refractivity contribution in [3.05, 3.63) is 286 Å². The lowest BCUT2D eigenvalue weighted by molar-refractivity contribution is -0.121. The molecule has 0 radical (unpaired) electrons. The van der Waals surface area contributed by atoms with Crippen LogP contribution in [0.15, 0.2) is 171 Å². The van der Waals surface area contributed by atoms with Crippen LogP contribution in [0.2, 0.25) is 0 Å². The van der Waals surface area contributed by atoms with Gasteiger partial charge in [-0.15, -0.1) is 0 Å². The highest BCUT2D eigenvalue weighted by molar-refractivity contribution is 6.05. The summed E-state index contributed by atoms with van der Waals surface area (Å²) in [6.07, 6.45) is 19.6. The Morgan fingerprint density at radius 1 is 0.344 bits per heavy atom. The Morgan fingerprint density at radius 2 is 0.576 bits per heavy atom. The molecule has 0 spiro atoms. The van der Waals surface area contributed by atoms with Crippen LogP contribution in [0, 0.1) is 70.2 Å². The molecule has 12 aromatic rings. The number of likely N-dealkylation sites (N-methyl/N-ethyl adjacent to an activating group) is 4. The number of carboxylic acid groups (broad SMARTS) is 1. The van der Waals surface area contributed by atoms with Gasteiger partial charge in [0.2, 0.25) is 11.6 Å². The number of nitrogens with two attached hydrogens (primary N) is 1. The molecule has 7 amide bonds. The van der Waals surface area contributed by atoms with E-state index in [0.717, 1.165) is 72.7 Å². The van der Waals surface area contributed by atoms with Crippen molar-refractivity contribution in [1.29, 1.82) is 0 Å². The Kier molecular flexibility index (Phi) is 23.2. The molecule has 8 aromatic heterocycles. The number of rotatable bonds is 15. The van der Waals surface area contributed by atoms with E-state index in [9.17, 15) is 73.5 Å². The largest absolute Gasteiger partial charge is 0.476 e. The first kappa shape index (κ1) is 83.8. The van der Waals surface area contributed by atoms with Crippen LogP contribution in [0.5, 0.6) is 0 Å². The molecule has 3 unspecified atom stereocenters. The predicted molar refractivity (Wildman–Crippen MR) is 425 cm³/mol. The van der Waals surface area contributed by atoms with Gasteiger partial charge in [0.05, 0.1) is 79.8 Å². The molecule has 0 bridgehead atoms. The van der Waals surface area contributed by atoms with Crippen molar-refractivity contribution in [3.8, 4) is 0 Å². The molecule has 4 aliphatic carbocycles. The molecule has 12 atom stereocenters. The van der Waals surface area contributed by atoms with E-state index in [-0.39, 0.29) is 91.2 Å². The Labute approximate surface area is 703 Å². The molecule has 4 aliphatic heterocycles. The van der Waals surface area contributed by atoms with Crippen LogP contribution in [0.25, 0.3) is 0 Å². The molecule has 20 rings (SSSR count). The normalized spacial score (nSPS) is 21.6. The summed E-state index contributed by atoms with van der Waals surface area (Å²) in [6, 6.07) is 21.3. The second-order valence-corrected chi connectivity index (χ2v) is 30.8. The van der Waals surface area contributed by atoms with Gasteiger partial charge in [-0.2, -0.15) is 20.4 Å². The van der Waals surface area contributed by atoms with Gasteiger partial charge in [-0.3, -0.25) is 91.8 Å². The average molecular weight is 1720 g/mol. The zero-order valence-corrected chi connectivity index (χ0v) is 66.5. The van der Waals surface area contributed by atoms with E-state index in [1.807, 2.05) is 0 Å². The maximum absolute atomic E-state index is 14.4. The van der Waals surface area contributed by atoms with Crippen molar-refractivity contribution >= 4 is 70.6 Å². The summed E-state index contributed by atoms with van der Waals surface area (Å²) in [5.74, 6) is -7.90. The molecule has 0 saturated heterocycles. The highest BCUT2D eigenvalue weighted by Gasteiger charge is 2.57. The zero-order chi connectivity index (χ0) is 88.1. The van der Waals surface area contributed by atoms with Crippen LogP contribution >= 0.6 is 0 Å². The van der Waals surface area contributed by atoms with Crippen molar-refractivity contribution < 1.29 is 78.6 Å². The maximum atomic E-state index is 14.4. The number of carboxylic acids is 1. The third-order valence-electron chi connectivity index (χ3n) is 22.7. The highest BCUT2D eigenvalue weighted by atomic mass is 19.2. The first-order chi connectivity index (χ1) is 60.1. The molecule has 6 N–H and O–H groups in total. The zero-order valence-electron chi connectivity index (χ0n) is 66.5. The van der Waals surface area contributed by atoms with Crippen LogP contribution in [0.1, 0.15) is 136 Å². The van der Waals surface area contributed by atoms with Gasteiger partial charge in [-0.25, -0.2) is 59.9 Å². The summed E-state index contributed by atoms with van der Waals surface area (Å²) in [7, 11) is 6.43. The lowest BCUT2D eigenvalue weighted by Gasteiger charge is -2.22. The van der Waals surface area contributed by atoms with Crippen LogP contribution in [-0.4, -0.2) is 184 Å². The van der Waals surface area contributed by atoms with Gasteiger partial charge in [0.15, 0.2) is 63.6 Å². The van der Waals surface area contributed by atoms with E-state index in [1.54, 1.807) is 120 Å². The Bertz CT molecular complexity index is 5810. The average Bonchev–Trinajstić information content (AvgIpc) is 1.59. The van der Waals surface area contributed by atoms with E-state index in [1.165, 1.54) is 74.6 Å². The molecule has 4 fully saturated rings. The number of benzene rings is 4. The quantitative estimate of drug-likeness (QED) is 0.0623. The number of aromatic carboxylic acids is 1. The van der Waals surface area contributed by atoms with E-state index >= 15 is 0 Å². The topological polar surface area (TPSA) is 406 Å². The molecule has 640 valence electrons. The fourth-order valence-electron chi connectivity index (χ4n) is 15.9. The lowest BCUT2D eigenvalue weighted by atomic mass is 10.1. The van der Waals surface area contributed by atoms with E-state index in [0.29, 0.717) is 70.7 Å². The fourth-order valence-corrected chi connectivity index (χ4v) is 15.9. The molecule has 41 heteroatoms. The van der Waals surface area contributed by atoms with Crippen LogP contribution in [0.4, 0.5) is 58.4 Å². The minimum Gasteiger partial charge on any atom is -0.476 e. The van der Waals surface area contributed by atoms with Gasteiger partial charge in [-0.1, -0.05) is 72.8 Å². The number of aromatic nitrogens is 16. The number of fused-ring (bicyclic) bond motifs is 12. The molecule has 12 heterocycles. The molecular formula is C84H74F8N24O9. The van der Waals surface area contributed by atoms with Crippen LogP contribution < -0.4 is 41.3 Å². The van der Waals surface area contributed by atoms with Gasteiger partial charge in [-0.05, 0) is 73.6 Å². The number of amides is 7. The predicted octanol–water partition coefficient (Wildman–Crippen LogP) is 7.43. The Hall–Kier alpha value is -14.8. The Morgan fingerprint density at radius 3 is 0.840 bits per heavy atom. The number of hydrogen-bond acceptors (Lipinski definition) is 21. The molecular weight excluding hydrogens is 1640 g/mol. The number of halogens is 8. The summed E-state index contributed by atoms with van der Waals surface area (Å²) in [5, 5.41) is 31.9. The van der Waals surface area contributed by atoms with Crippen molar-refractivity contribution in [2.45, 2.75) is 99.7 Å². The summed E-state index contributed by atoms with van der Waals surface area (Å²) >= 11 is 0. The van der Waals surface area contributed by atoms with E-state index < -0.39 is 117 Å². The second-order valence-electron chi connectivity index (χ2n) is 30.8. The van der Waals surface area contributed by atoms with Crippen molar-refractivity contribution in [3.63, 3.8) is 0 Å².